The van der Waals surface area contributed by atoms with E-state index in [4.69, 9.17) is 37.9 Å². The number of ether oxygens (including phenoxy) is 8. The maximum atomic E-state index is 13.7. The molecule has 1 aromatic carbocycles. The number of rotatable bonds is 14. The zero-order valence-electron chi connectivity index (χ0n) is 32.5. The number of nitro groups is 1. The fourth-order valence-electron chi connectivity index (χ4n) is 8.86. The van der Waals surface area contributed by atoms with E-state index in [0.717, 1.165) is 36.0 Å². The molecule has 12 atom stereocenters. The van der Waals surface area contributed by atoms with Gasteiger partial charge in [-0.3, -0.25) is 14.9 Å². The normalized spacial score (nSPS) is 34.7. The van der Waals surface area contributed by atoms with Crippen molar-refractivity contribution >= 4 is 23.6 Å². The smallest absolute Gasteiger partial charge is 0.338 e. The average molecular weight is 770 g/mol. The number of esters is 3. The molecule has 55 heavy (non-hydrogen) atoms. The lowest BCUT2D eigenvalue weighted by Gasteiger charge is -2.51. The number of methoxy groups -OCH3 is 1. The molecule has 0 aromatic heterocycles. The summed E-state index contributed by atoms with van der Waals surface area (Å²) in [6.45, 7) is 12.4. The minimum Gasteiger partial charge on any atom is -0.459 e. The second-order valence-electron chi connectivity index (χ2n) is 15.7. The summed E-state index contributed by atoms with van der Waals surface area (Å²) in [4.78, 5) is 48.8. The molecular formula is C41H55NO13. The van der Waals surface area contributed by atoms with Gasteiger partial charge in [0, 0.05) is 38.0 Å². The van der Waals surface area contributed by atoms with E-state index in [2.05, 4.69) is 20.4 Å². The Labute approximate surface area is 322 Å². The molecule has 6 rings (SSSR count). The van der Waals surface area contributed by atoms with Crippen LogP contribution in [-0.4, -0.2) is 104 Å². The van der Waals surface area contributed by atoms with Crippen LogP contribution in [0.3, 0.4) is 0 Å². The largest absolute Gasteiger partial charge is 0.459 e. The molecular weight excluding hydrogens is 714 g/mol. The molecule has 5 aliphatic rings. The van der Waals surface area contributed by atoms with Gasteiger partial charge in [0.25, 0.3) is 5.69 Å². The molecule has 0 radical (unpaired) electrons. The summed E-state index contributed by atoms with van der Waals surface area (Å²) in [5.41, 5.74) is 2.66. The molecule has 5 heterocycles. The molecule has 0 amide bonds. The van der Waals surface area contributed by atoms with E-state index in [-0.39, 0.29) is 78.9 Å². The lowest BCUT2D eigenvalue weighted by molar-refractivity contribution is -0.384. The molecule has 1 aromatic rings. The fourth-order valence-corrected chi connectivity index (χ4v) is 8.86. The predicted molar refractivity (Wildman–Crippen MR) is 197 cm³/mol. The van der Waals surface area contributed by atoms with Crippen molar-refractivity contribution in [2.45, 2.75) is 147 Å². The molecule has 2 unspecified atom stereocenters. The molecule has 14 nitrogen and oxygen atoms in total. The Morgan fingerprint density at radius 2 is 1.76 bits per heavy atom. The van der Waals surface area contributed by atoms with E-state index in [1.807, 2.05) is 13.8 Å². The molecule has 0 bridgehead atoms. The third-order valence-corrected chi connectivity index (χ3v) is 11.8. The number of benzene rings is 1. The zero-order valence-corrected chi connectivity index (χ0v) is 32.5. The molecule has 4 saturated heterocycles. The van der Waals surface area contributed by atoms with E-state index in [1.165, 1.54) is 31.4 Å². The van der Waals surface area contributed by atoms with E-state index < -0.39 is 41.3 Å². The van der Waals surface area contributed by atoms with Crippen molar-refractivity contribution in [1.29, 1.82) is 0 Å². The molecule has 4 fully saturated rings. The van der Waals surface area contributed by atoms with E-state index in [9.17, 15) is 24.5 Å². The van der Waals surface area contributed by atoms with Gasteiger partial charge in [0.1, 0.15) is 19.3 Å². The fraction of sp³-hybridized carbons (Fsp3) is 0.683. The van der Waals surface area contributed by atoms with Gasteiger partial charge in [0.05, 0.1) is 59.3 Å². The Balaban J connectivity index is 1.23. The first-order chi connectivity index (χ1) is 26.4. The second-order valence-corrected chi connectivity index (χ2v) is 15.7. The lowest BCUT2D eigenvalue weighted by atomic mass is 9.78. The number of hydrogen-bond acceptors (Lipinski definition) is 13. The van der Waals surface area contributed by atoms with Crippen LogP contribution in [0.1, 0.15) is 95.8 Å². The van der Waals surface area contributed by atoms with Crippen LogP contribution in [-0.2, 0) is 47.5 Å². The Kier molecular flexibility index (Phi) is 13.4. The van der Waals surface area contributed by atoms with Gasteiger partial charge in [-0.25, -0.2) is 9.59 Å². The third-order valence-electron chi connectivity index (χ3n) is 11.8. The van der Waals surface area contributed by atoms with Crippen molar-refractivity contribution < 1.29 is 57.2 Å². The summed E-state index contributed by atoms with van der Waals surface area (Å²) in [6, 6.07) is 5.33. The highest BCUT2D eigenvalue weighted by atomic mass is 16.6. The van der Waals surface area contributed by atoms with Gasteiger partial charge in [0.2, 0.25) is 0 Å². The van der Waals surface area contributed by atoms with E-state index in [1.54, 1.807) is 0 Å². The minimum absolute atomic E-state index is 0.00308. The van der Waals surface area contributed by atoms with Gasteiger partial charge < -0.3 is 37.9 Å². The second kappa shape index (κ2) is 18.1. The maximum absolute atomic E-state index is 13.7. The Morgan fingerprint density at radius 1 is 1.00 bits per heavy atom. The molecule has 0 aliphatic carbocycles. The lowest BCUT2D eigenvalue weighted by Crippen LogP contribution is -2.60. The Hall–Kier alpha value is -3.69. The monoisotopic (exact) mass is 769 g/mol. The number of nitrogens with zero attached hydrogens (tertiary/aromatic N) is 1. The van der Waals surface area contributed by atoms with Gasteiger partial charge in [-0.2, -0.15) is 0 Å². The summed E-state index contributed by atoms with van der Waals surface area (Å²) >= 11 is 0. The summed E-state index contributed by atoms with van der Waals surface area (Å²) in [5.74, 6) is -1.35. The highest BCUT2D eigenvalue weighted by molar-refractivity contribution is 5.89. The van der Waals surface area contributed by atoms with Crippen LogP contribution in [0.25, 0.3) is 0 Å². The first-order valence-electron chi connectivity index (χ1n) is 19.6. The summed E-state index contributed by atoms with van der Waals surface area (Å²) in [6.07, 6.45) is 2.25. The number of nitro benzene ring substituents is 1. The van der Waals surface area contributed by atoms with E-state index >= 15 is 0 Å². The number of carbonyl (C=O) groups excluding carboxylic acids is 3. The summed E-state index contributed by atoms with van der Waals surface area (Å²) in [5, 5.41) is 11.3. The van der Waals surface area contributed by atoms with Gasteiger partial charge in [0.15, 0.2) is 6.10 Å². The predicted octanol–water partition coefficient (Wildman–Crippen LogP) is 5.98. The standard InChI is InChI=1S/C41H55NO13/c1-7-8-30-23(3)18-34-39(53-30)25(5)40(55-41(45)26-9-11-27(12-10-26)42(46)47)35(52-34)19-33-29(20-49-37(44)21-48-6)22(2)17-28(50-33)13-14-31-24(4)38-32(51-31)15-16-36(43)54-38/h9-12,23,25,28,30-35,38-40H,4,7-8,13-21H2,1-3,5-6H3/t23-,25+,28+,30-,31?,32+,33?,34+,35+,38+,39+,40-/m1/s1. The Bertz CT molecular complexity index is 1610. The highest BCUT2D eigenvalue weighted by Gasteiger charge is 2.51. The van der Waals surface area contributed by atoms with Crippen molar-refractivity contribution in [3.63, 3.8) is 0 Å². The van der Waals surface area contributed by atoms with Gasteiger partial charge in [-0.1, -0.05) is 39.3 Å². The molecule has 0 spiro atoms. The van der Waals surface area contributed by atoms with Crippen LogP contribution < -0.4 is 0 Å². The first kappa shape index (κ1) is 41.0. The van der Waals surface area contributed by atoms with E-state index in [0.29, 0.717) is 38.5 Å². The SMILES string of the molecule is C=C1C(CC[C@H]2CC(C)=C(COC(=O)COC)C(C[C@@H]3O[C@H]4C[C@@H](C)[C@@H](CCC)O[C@H]4[C@H](C)[C@H]3OC(=O)c3ccc([N+](=O)[O-])cc3)O2)O[C@H]2CCC(=O)O[C@@H]12. The van der Waals surface area contributed by atoms with Crippen LogP contribution in [0.4, 0.5) is 5.69 Å². The van der Waals surface area contributed by atoms with Crippen molar-refractivity contribution in [2.75, 3.05) is 20.3 Å². The van der Waals surface area contributed by atoms with Gasteiger partial charge in [-0.05, 0) is 74.6 Å². The highest BCUT2D eigenvalue weighted by Crippen LogP contribution is 2.43. The van der Waals surface area contributed by atoms with Gasteiger partial charge >= 0.3 is 17.9 Å². The van der Waals surface area contributed by atoms with Crippen molar-refractivity contribution in [1.82, 2.24) is 0 Å². The maximum Gasteiger partial charge on any atom is 0.338 e. The molecule has 0 N–H and O–H groups in total. The first-order valence-corrected chi connectivity index (χ1v) is 19.6. The molecule has 0 saturated carbocycles. The van der Waals surface area contributed by atoms with Crippen LogP contribution in [0.5, 0.6) is 0 Å². The summed E-state index contributed by atoms with van der Waals surface area (Å²) in [7, 11) is 1.43. The van der Waals surface area contributed by atoms with Gasteiger partial charge in [-0.15, -0.1) is 0 Å². The number of carbonyl (C=O) groups is 3. The summed E-state index contributed by atoms with van der Waals surface area (Å²) < 4.78 is 49.1. The third kappa shape index (κ3) is 9.48. The molecule has 5 aliphatic heterocycles. The number of non-ortho nitro benzene ring substituents is 1. The molecule has 302 valence electrons. The number of hydrogen-bond donors (Lipinski definition) is 0. The van der Waals surface area contributed by atoms with Crippen LogP contribution >= 0.6 is 0 Å². The minimum atomic E-state index is -0.748. The average Bonchev–Trinajstić information content (AvgIpc) is 3.46. The number of fused-ring (bicyclic) bond motifs is 2. The quantitative estimate of drug-likeness (QED) is 0.0713. The molecule has 14 heteroatoms. The van der Waals surface area contributed by atoms with Crippen molar-refractivity contribution in [3.05, 3.63) is 63.2 Å². The van der Waals surface area contributed by atoms with Crippen LogP contribution in [0, 0.1) is 22.0 Å². The van der Waals surface area contributed by atoms with Crippen molar-refractivity contribution in [3.8, 4) is 0 Å². The van der Waals surface area contributed by atoms with Crippen molar-refractivity contribution in [2.24, 2.45) is 11.8 Å². The van der Waals surface area contributed by atoms with Crippen LogP contribution in [0.2, 0.25) is 0 Å². The van der Waals surface area contributed by atoms with Crippen LogP contribution in [0.15, 0.2) is 47.6 Å². The zero-order chi connectivity index (χ0) is 39.4. The Morgan fingerprint density at radius 3 is 2.47 bits per heavy atom. The topological polar surface area (TPSA) is 168 Å².